The van der Waals surface area contributed by atoms with Crippen molar-refractivity contribution in [3.63, 3.8) is 0 Å². The van der Waals surface area contributed by atoms with E-state index in [1.54, 1.807) is 0 Å². The third-order valence-corrected chi connectivity index (χ3v) is 3.99. The van der Waals surface area contributed by atoms with Crippen molar-refractivity contribution in [1.29, 1.82) is 0 Å². The molecule has 0 radical (unpaired) electrons. The average molecular weight is 246 g/mol. The van der Waals surface area contributed by atoms with Gasteiger partial charge in [-0.2, -0.15) is 0 Å². The quantitative estimate of drug-likeness (QED) is 0.798. The van der Waals surface area contributed by atoms with Crippen LogP contribution in [0, 0.1) is 5.41 Å². The molecule has 1 aliphatic heterocycles. The number of fused-ring (bicyclic) bond motifs is 1. The first-order valence-corrected chi connectivity index (χ1v) is 6.94. The maximum absolute atomic E-state index is 5.81. The van der Waals surface area contributed by atoms with Gasteiger partial charge in [0, 0.05) is 31.2 Å². The molecule has 0 aromatic carbocycles. The van der Waals surface area contributed by atoms with Gasteiger partial charge in [0.25, 0.3) is 0 Å². The highest BCUT2D eigenvalue weighted by atomic mass is 16.5. The van der Waals surface area contributed by atoms with E-state index in [1.165, 1.54) is 24.1 Å². The fraction of sp³-hybridized carbons (Fsp3) is 0.667. The summed E-state index contributed by atoms with van der Waals surface area (Å²) in [5, 5.41) is 0. The normalized spacial score (nSPS) is 21.3. The van der Waals surface area contributed by atoms with Crippen LogP contribution in [0.3, 0.4) is 0 Å². The minimum atomic E-state index is 0.347. The number of rotatable bonds is 5. The molecule has 0 spiro atoms. The van der Waals surface area contributed by atoms with Gasteiger partial charge in [0.15, 0.2) is 0 Å². The lowest BCUT2D eigenvalue weighted by atomic mass is 10.1. The van der Waals surface area contributed by atoms with E-state index in [2.05, 4.69) is 29.8 Å². The lowest BCUT2D eigenvalue weighted by molar-refractivity contribution is 0.0304. The summed E-state index contributed by atoms with van der Waals surface area (Å²) in [7, 11) is 0. The summed E-state index contributed by atoms with van der Waals surface area (Å²) in [5.74, 6) is 0. The van der Waals surface area contributed by atoms with Crippen molar-refractivity contribution in [3.05, 3.63) is 29.6 Å². The van der Waals surface area contributed by atoms with Gasteiger partial charge in [0.05, 0.1) is 18.4 Å². The largest absolute Gasteiger partial charge is 0.378 e. The Morgan fingerprint density at radius 2 is 2.22 bits per heavy atom. The third-order valence-electron chi connectivity index (χ3n) is 3.99. The fourth-order valence-corrected chi connectivity index (χ4v) is 2.72. The molecule has 0 unspecified atom stereocenters. The Morgan fingerprint density at radius 3 is 2.89 bits per heavy atom. The molecule has 1 fully saturated rings. The van der Waals surface area contributed by atoms with E-state index in [4.69, 9.17) is 4.74 Å². The van der Waals surface area contributed by atoms with Crippen LogP contribution in [0.2, 0.25) is 0 Å². The van der Waals surface area contributed by atoms with E-state index in [0.717, 1.165) is 26.2 Å². The van der Waals surface area contributed by atoms with Gasteiger partial charge in [-0.15, -0.1) is 0 Å². The maximum atomic E-state index is 5.81. The van der Waals surface area contributed by atoms with Crippen molar-refractivity contribution < 1.29 is 4.74 Å². The first-order valence-electron chi connectivity index (χ1n) is 6.94. The topological polar surface area (TPSA) is 25.4 Å². The number of pyridine rings is 1. The number of nitrogens with zero attached hydrogens (tertiary/aromatic N) is 2. The number of aromatic nitrogens is 1. The van der Waals surface area contributed by atoms with Crippen LogP contribution in [-0.2, 0) is 17.8 Å². The smallest absolute Gasteiger partial charge is 0.0589 e. The molecule has 2 heterocycles. The van der Waals surface area contributed by atoms with Crippen LogP contribution >= 0.6 is 0 Å². The summed E-state index contributed by atoms with van der Waals surface area (Å²) in [4.78, 5) is 6.98. The number of ether oxygens (including phenoxy) is 1. The van der Waals surface area contributed by atoms with Crippen LogP contribution in [0.5, 0.6) is 0 Å². The molecule has 1 aliphatic carbocycles. The van der Waals surface area contributed by atoms with Gasteiger partial charge in [-0.1, -0.05) is 6.07 Å². The van der Waals surface area contributed by atoms with Crippen LogP contribution in [0.1, 0.15) is 37.9 Å². The zero-order chi connectivity index (χ0) is 12.6. The van der Waals surface area contributed by atoms with Crippen molar-refractivity contribution >= 4 is 0 Å². The number of hydrogen-bond acceptors (Lipinski definition) is 3. The second-order valence-corrected chi connectivity index (χ2v) is 6.11. The molecule has 0 N–H and O–H groups in total. The molecule has 3 heteroatoms. The Morgan fingerprint density at radius 1 is 1.39 bits per heavy atom. The summed E-state index contributed by atoms with van der Waals surface area (Å²) < 4.78 is 5.81. The average Bonchev–Trinajstić information content (AvgIpc) is 2.98. The Kier molecular flexibility index (Phi) is 3.12. The van der Waals surface area contributed by atoms with Crippen molar-refractivity contribution in [2.75, 3.05) is 13.2 Å². The van der Waals surface area contributed by atoms with Crippen LogP contribution in [0.15, 0.2) is 18.3 Å². The highest BCUT2D eigenvalue weighted by Crippen LogP contribution is 2.47. The predicted octanol–water partition coefficient (Wildman–Crippen LogP) is 2.60. The summed E-state index contributed by atoms with van der Waals surface area (Å²) in [5.41, 5.74) is 3.10. The molecule has 1 aromatic rings. The van der Waals surface area contributed by atoms with Gasteiger partial charge in [-0.3, -0.25) is 9.88 Å². The molecule has 3 nitrogen and oxygen atoms in total. The molecule has 1 aromatic heterocycles. The van der Waals surface area contributed by atoms with E-state index < -0.39 is 0 Å². The standard InChI is InChI=1S/C15H22N2O/c1-12(2)18-11-15(5-6-15)10-17-8-13-4-3-7-16-14(13)9-17/h3-4,7,12H,5-6,8-11H2,1-2H3. The fourth-order valence-electron chi connectivity index (χ4n) is 2.72. The highest BCUT2D eigenvalue weighted by Gasteiger charge is 2.45. The SMILES string of the molecule is CC(C)OCC1(CN2Cc3cccnc3C2)CC1. The van der Waals surface area contributed by atoms with E-state index in [9.17, 15) is 0 Å². The minimum absolute atomic E-state index is 0.347. The van der Waals surface area contributed by atoms with Gasteiger partial charge >= 0.3 is 0 Å². The van der Waals surface area contributed by atoms with Crippen molar-refractivity contribution in [1.82, 2.24) is 9.88 Å². The molecule has 98 valence electrons. The number of hydrogen-bond donors (Lipinski definition) is 0. The Hall–Kier alpha value is -0.930. The van der Waals surface area contributed by atoms with Gasteiger partial charge in [0.2, 0.25) is 0 Å². The third kappa shape index (κ3) is 2.57. The van der Waals surface area contributed by atoms with Crippen LogP contribution in [-0.4, -0.2) is 29.1 Å². The molecule has 0 saturated heterocycles. The van der Waals surface area contributed by atoms with Gasteiger partial charge in [-0.05, 0) is 38.3 Å². The maximum Gasteiger partial charge on any atom is 0.0589 e. The Labute approximate surface area is 109 Å². The zero-order valence-electron chi connectivity index (χ0n) is 11.4. The van der Waals surface area contributed by atoms with E-state index in [-0.39, 0.29) is 0 Å². The molecule has 0 atom stereocenters. The molecular weight excluding hydrogens is 224 g/mol. The predicted molar refractivity (Wildman–Crippen MR) is 71.1 cm³/mol. The summed E-state index contributed by atoms with van der Waals surface area (Å²) in [6, 6.07) is 4.24. The zero-order valence-corrected chi connectivity index (χ0v) is 11.4. The molecule has 0 bridgehead atoms. The van der Waals surface area contributed by atoms with Crippen molar-refractivity contribution in [2.24, 2.45) is 5.41 Å². The minimum Gasteiger partial charge on any atom is -0.378 e. The monoisotopic (exact) mass is 246 g/mol. The van der Waals surface area contributed by atoms with Gasteiger partial charge < -0.3 is 4.74 Å². The van der Waals surface area contributed by atoms with E-state index >= 15 is 0 Å². The molecule has 3 rings (SSSR count). The summed E-state index contributed by atoms with van der Waals surface area (Å²) >= 11 is 0. The molecule has 18 heavy (non-hydrogen) atoms. The van der Waals surface area contributed by atoms with Crippen molar-refractivity contribution in [3.8, 4) is 0 Å². The molecule has 2 aliphatic rings. The first-order chi connectivity index (χ1) is 8.67. The van der Waals surface area contributed by atoms with E-state index in [1.807, 2.05) is 12.3 Å². The Balaban J connectivity index is 1.56. The highest BCUT2D eigenvalue weighted by molar-refractivity contribution is 5.23. The van der Waals surface area contributed by atoms with Gasteiger partial charge in [0.1, 0.15) is 0 Å². The summed E-state index contributed by atoms with van der Waals surface area (Å²) in [6.45, 7) is 8.39. The lowest BCUT2D eigenvalue weighted by Gasteiger charge is -2.23. The second kappa shape index (κ2) is 4.63. The lowest BCUT2D eigenvalue weighted by Crippen LogP contribution is -2.29. The van der Waals surface area contributed by atoms with Crippen LogP contribution < -0.4 is 0 Å². The van der Waals surface area contributed by atoms with Crippen molar-refractivity contribution in [2.45, 2.75) is 45.9 Å². The molecular formula is C15H22N2O. The summed E-state index contributed by atoms with van der Waals surface area (Å²) in [6.07, 6.45) is 4.89. The molecule has 0 amide bonds. The Bertz CT molecular complexity index is 401. The van der Waals surface area contributed by atoms with Crippen LogP contribution in [0.4, 0.5) is 0 Å². The van der Waals surface area contributed by atoms with E-state index in [0.29, 0.717) is 11.5 Å². The first kappa shape index (κ1) is 12.1. The molecule has 1 saturated carbocycles. The second-order valence-electron chi connectivity index (χ2n) is 6.11. The van der Waals surface area contributed by atoms with Gasteiger partial charge in [-0.25, -0.2) is 0 Å². The van der Waals surface area contributed by atoms with Crippen LogP contribution in [0.25, 0.3) is 0 Å².